The first kappa shape index (κ1) is 17.5. The van der Waals surface area contributed by atoms with Crippen LogP contribution >= 0.6 is 0 Å². The fraction of sp³-hybridized carbons (Fsp3) is 0.556. The van der Waals surface area contributed by atoms with Gasteiger partial charge in [0.15, 0.2) is 0 Å². The van der Waals surface area contributed by atoms with E-state index in [0.29, 0.717) is 24.6 Å². The van der Waals surface area contributed by atoms with Gasteiger partial charge in [-0.3, -0.25) is 9.59 Å². The van der Waals surface area contributed by atoms with Crippen LogP contribution in [0.3, 0.4) is 0 Å². The quantitative estimate of drug-likeness (QED) is 0.808. The standard InChI is InChI=1S/C18H27N3O2/c1-14(21-11-3-4-12-21)5-10-17(22)20-13-15-6-8-16(9-7-15)18(23)19-2/h6-9,14H,3-5,10-13H2,1-2H3,(H,19,23)(H,20,22)/t14-/m1/s1. The molecule has 0 spiro atoms. The summed E-state index contributed by atoms with van der Waals surface area (Å²) >= 11 is 0. The van der Waals surface area contributed by atoms with Gasteiger partial charge in [-0.25, -0.2) is 0 Å². The summed E-state index contributed by atoms with van der Waals surface area (Å²) in [5, 5.41) is 5.54. The predicted molar refractivity (Wildman–Crippen MR) is 91.2 cm³/mol. The van der Waals surface area contributed by atoms with E-state index in [9.17, 15) is 9.59 Å². The van der Waals surface area contributed by atoms with E-state index in [1.54, 1.807) is 19.2 Å². The van der Waals surface area contributed by atoms with E-state index < -0.39 is 0 Å². The predicted octanol–water partition coefficient (Wildman–Crippen LogP) is 1.93. The van der Waals surface area contributed by atoms with E-state index in [2.05, 4.69) is 22.5 Å². The number of nitrogens with one attached hydrogen (secondary N) is 2. The van der Waals surface area contributed by atoms with Crippen LogP contribution in [0.25, 0.3) is 0 Å². The van der Waals surface area contributed by atoms with Gasteiger partial charge in [0.2, 0.25) is 5.91 Å². The van der Waals surface area contributed by atoms with Crippen LogP contribution in [-0.2, 0) is 11.3 Å². The van der Waals surface area contributed by atoms with Crippen molar-refractivity contribution < 1.29 is 9.59 Å². The molecule has 0 radical (unpaired) electrons. The number of benzene rings is 1. The van der Waals surface area contributed by atoms with Crippen molar-refractivity contribution in [1.29, 1.82) is 0 Å². The smallest absolute Gasteiger partial charge is 0.251 e. The Bertz CT molecular complexity index is 522. The molecular formula is C18H27N3O2. The molecule has 0 bridgehead atoms. The van der Waals surface area contributed by atoms with Gasteiger partial charge >= 0.3 is 0 Å². The largest absolute Gasteiger partial charge is 0.355 e. The Kier molecular flexibility index (Phi) is 6.59. The number of nitrogens with zero attached hydrogens (tertiary/aromatic N) is 1. The van der Waals surface area contributed by atoms with E-state index in [4.69, 9.17) is 0 Å². The average molecular weight is 317 g/mol. The fourth-order valence-corrected chi connectivity index (χ4v) is 2.91. The molecule has 0 aromatic heterocycles. The molecule has 2 rings (SSSR count). The van der Waals surface area contributed by atoms with Gasteiger partial charge < -0.3 is 15.5 Å². The molecule has 5 heteroatoms. The number of likely N-dealkylation sites (tertiary alicyclic amines) is 1. The molecule has 5 nitrogen and oxygen atoms in total. The molecule has 1 fully saturated rings. The Hall–Kier alpha value is -1.88. The SMILES string of the molecule is CNC(=O)c1ccc(CNC(=O)CC[C@@H](C)N2CCCC2)cc1. The summed E-state index contributed by atoms with van der Waals surface area (Å²) in [4.78, 5) is 25.9. The maximum Gasteiger partial charge on any atom is 0.251 e. The third-order valence-corrected chi connectivity index (χ3v) is 4.49. The van der Waals surface area contributed by atoms with Crippen molar-refractivity contribution in [3.8, 4) is 0 Å². The molecular weight excluding hydrogens is 290 g/mol. The number of hydrogen-bond acceptors (Lipinski definition) is 3. The molecule has 2 N–H and O–H groups in total. The fourth-order valence-electron chi connectivity index (χ4n) is 2.91. The van der Waals surface area contributed by atoms with Crippen molar-refractivity contribution in [2.75, 3.05) is 20.1 Å². The minimum atomic E-state index is -0.100. The Balaban J connectivity index is 1.70. The summed E-state index contributed by atoms with van der Waals surface area (Å²) in [5.41, 5.74) is 1.63. The lowest BCUT2D eigenvalue weighted by Crippen LogP contribution is -2.32. The Morgan fingerprint density at radius 1 is 1.17 bits per heavy atom. The third-order valence-electron chi connectivity index (χ3n) is 4.49. The molecule has 1 heterocycles. The van der Waals surface area contributed by atoms with Gasteiger partial charge in [0, 0.05) is 31.6 Å². The maximum absolute atomic E-state index is 12.0. The second-order valence-electron chi connectivity index (χ2n) is 6.18. The Morgan fingerprint density at radius 3 is 2.43 bits per heavy atom. The Morgan fingerprint density at radius 2 is 1.83 bits per heavy atom. The van der Waals surface area contributed by atoms with E-state index in [0.717, 1.165) is 12.0 Å². The van der Waals surface area contributed by atoms with Gasteiger partial charge in [0.25, 0.3) is 5.91 Å². The minimum absolute atomic E-state index is 0.0893. The van der Waals surface area contributed by atoms with E-state index in [1.165, 1.54) is 25.9 Å². The lowest BCUT2D eigenvalue weighted by Gasteiger charge is -2.23. The third kappa shape index (κ3) is 5.36. The van der Waals surface area contributed by atoms with Gasteiger partial charge in [0.1, 0.15) is 0 Å². The summed E-state index contributed by atoms with van der Waals surface area (Å²) in [6.07, 6.45) is 4.03. The number of carbonyl (C=O) groups excluding carboxylic acids is 2. The molecule has 126 valence electrons. The van der Waals surface area contributed by atoms with Crippen molar-refractivity contribution >= 4 is 11.8 Å². The average Bonchev–Trinajstić information content (AvgIpc) is 3.12. The molecule has 0 saturated carbocycles. The zero-order valence-electron chi connectivity index (χ0n) is 14.1. The summed E-state index contributed by atoms with van der Waals surface area (Å²) in [6, 6.07) is 7.77. The highest BCUT2D eigenvalue weighted by Crippen LogP contribution is 2.14. The highest BCUT2D eigenvalue weighted by molar-refractivity contribution is 5.93. The highest BCUT2D eigenvalue weighted by Gasteiger charge is 2.18. The molecule has 1 aromatic rings. The number of rotatable bonds is 7. The maximum atomic E-state index is 12.0. The second kappa shape index (κ2) is 8.67. The first-order chi connectivity index (χ1) is 11.1. The first-order valence-electron chi connectivity index (χ1n) is 8.42. The van der Waals surface area contributed by atoms with Crippen LogP contribution < -0.4 is 10.6 Å². The number of amides is 2. The molecule has 1 aliphatic heterocycles. The van der Waals surface area contributed by atoms with Crippen LogP contribution in [0.5, 0.6) is 0 Å². The number of hydrogen-bond donors (Lipinski definition) is 2. The van der Waals surface area contributed by atoms with Crippen LogP contribution in [-0.4, -0.2) is 42.9 Å². The minimum Gasteiger partial charge on any atom is -0.355 e. The highest BCUT2D eigenvalue weighted by atomic mass is 16.2. The molecule has 23 heavy (non-hydrogen) atoms. The second-order valence-corrected chi connectivity index (χ2v) is 6.18. The molecule has 1 saturated heterocycles. The lowest BCUT2D eigenvalue weighted by molar-refractivity contribution is -0.121. The van der Waals surface area contributed by atoms with E-state index >= 15 is 0 Å². The summed E-state index contributed by atoms with van der Waals surface area (Å²) in [6.45, 7) is 5.04. The number of carbonyl (C=O) groups is 2. The topological polar surface area (TPSA) is 61.4 Å². The molecule has 0 aliphatic carbocycles. The van der Waals surface area contributed by atoms with Crippen molar-refractivity contribution in [1.82, 2.24) is 15.5 Å². The van der Waals surface area contributed by atoms with Gasteiger partial charge in [0.05, 0.1) is 0 Å². The first-order valence-corrected chi connectivity index (χ1v) is 8.42. The zero-order valence-corrected chi connectivity index (χ0v) is 14.1. The monoisotopic (exact) mass is 317 g/mol. The molecule has 2 amide bonds. The molecule has 1 aliphatic rings. The molecule has 1 atom stereocenters. The van der Waals surface area contributed by atoms with Crippen LogP contribution in [0.2, 0.25) is 0 Å². The van der Waals surface area contributed by atoms with Crippen LogP contribution in [0, 0.1) is 0 Å². The van der Waals surface area contributed by atoms with Gasteiger partial charge in [-0.05, 0) is 57.0 Å². The molecule has 0 unspecified atom stereocenters. The lowest BCUT2D eigenvalue weighted by atomic mass is 10.1. The zero-order chi connectivity index (χ0) is 16.7. The van der Waals surface area contributed by atoms with E-state index in [-0.39, 0.29) is 11.8 Å². The molecule has 1 aromatic carbocycles. The summed E-state index contributed by atoms with van der Waals surface area (Å²) < 4.78 is 0. The van der Waals surface area contributed by atoms with Gasteiger partial charge in [-0.2, -0.15) is 0 Å². The van der Waals surface area contributed by atoms with Crippen molar-refractivity contribution in [3.05, 3.63) is 35.4 Å². The van der Waals surface area contributed by atoms with Gasteiger partial charge in [-0.15, -0.1) is 0 Å². The van der Waals surface area contributed by atoms with Crippen molar-refractivity contribution in [2.45, 2.75) is 45.2 Å². The van der Waals surface area contributed by atoms with Crippen LogP contribution in [0.1, 0.15) is 48.5 Å². The summed E-state index contributed by atoms with van der Waals surface area (Å²) in [5.74, 6) is -0.0112. The van der Waals surface area contributed by atoms with Crippen molar-refractivity contribution in [2.24, 2.45) is 0 Å². The normalized spacial score (nSPS) is 16.1. The van der Waals surface area contributed by atoms with Crippen molar-refractivity contribution in [3.63, 3.8) is 0 Å². The summed E-state index contributed by atoms with van der Waals surface area (Å²) in [7, 11) is 1.61. The van der Waals surface area contributed by atoms with Crippen LogP contribution in [0.15, 0.2) is 24.3 Å². The van der Waals surface area contributed by atoms with Gasteiger partial charge in [-0.1, -0.05) is 12.1 Å². The van der Waals surface area contributed by atoms with E-state index in [1.807, 2.05) is 12.1 Å². The Labute approximate surface area is 138 Å². The van der Waals surface area contributed by atoms with Crippen LogP contribution in [0.4, 0.5) is 0 Å².